The van der Waals surface area contributed by atoms with Gasteiger partial charge in [-0.25, -0.2) is 0 Å². The van der Waals surface area contributed by atoms with Gasteiger partial charge in [-0.3, -0.25) is 14.5 Å². The van der Waals surface area contributed by atoms with E-state index < -0.39 is 24.5 Å². The molecule has 0 saturated heterocycles. The monoisotopic (exact) mass is 303 g/mol. The number of nitrogens with one attached hydrogen (secondary N) is 1. The van der Waals surface area contributed by atoms with Crippen molar-refractivity contribution in [1.29, 1.82) is 0 Å². The molecule has 2 amide bonds. The summed E-state index contributed by atoms with van der Waals surface area (Å²) in [6.07, 6.45) is -4.35. The molecule has 0 aliphatic heterocycles. The first kappa shape index (κ1) is 17.0. The SMILES string of the molecule is CCN(CC(=O)Nc1ccc(C(N)=O)cc1)CC(F)(F)F. The van der Waals surface area contributed by atoms with Gasteiger partial charge in [-0.15, -0.1) is 0 Å². The van der Waals surface area contributed by atoms with Crippen LogP contribution in [-0.2, 0) is 4.79 Å². The number of carbonyl (C=O) groups excluding carboxylic acids is 2. The Hall–Kier alpha value is -2.09. The highest BCUT2D eigenvalue weighted by atomic mass is 19.4. The normalized spacial score (nSPS) is 11.5. The van der Waals surface area contributed by atoms with E-state index in [2.05, 4.69) is 5.32 Å². The van der Waals surface area contributed by atoms with E-state index in [1.807, 2.05) is 0 Å². The fourth-order valence-electron chi connectivity index (χ4n) is 1.65. The van der Waals surface area contributed by atoms with Gasteiger partial charge in [-0.05, 0) is 30.8 Å². The molecule has 1 aromatic carbocycles. The molecule has 0 bridgehead atoms. The van der Waals surface area contributed by atoms with Crippen molar-refractivity contribution in [2.45, 2.75) is 13.1 Å². The number of nitrogens with zero attached hydrogens (tertiary/aromatic N) is 1. The van der Waals surface area contributed by atoms with Crippen molar-refractivity contribution >= 4 is 17.5 Å². The largest absolute Gasteiger partial charge is 0.401 e. The van der Waals surface area contributed by atoms with Gasteiger partial charge in [-0.1, -0.05) is 6.92 Å². The smallest absolute Gasteiger partial charge is 0.366 e. The van der Waals surface area contributed by atoms with Crippen molar-refractivity contribution < 1.29 is 22.8 Å². The van der Waals surface area contributed by atoms with Crippen LogP contribution in [0.5, 0.6) is 0 Å². The topological polar surface area (TPSA) is 75.4 Å². The van der Waals surface area contributed by atoms with Gasteiger partial charge >= 0.3 is 6.18 Å². The molecule has 0 spiro atoms. The van der Waals surface area contributed by atoms with Crippen molar-refractivity contribution in [3.63, 3.8) is 0 Å². The number of nitrogens with two attached hydrogens (primary N) is 1. The zero-order valence-corrected chi connectivity index (χ0v) is 11.4. The molecule has 21 heavy (non-hydrogen) atoms. The summed E-state index contributed by atoms with van der Waals surface area (Å²) < 4.78 is 36.8. The fourth-order valence-corrected chi connectivity index (χ4v) is 1.65. The van der Waals surface area contributed by atoms with Crippen molar-refractivity contribution in [3.8, 4) is 0 Å². The summed E-state index contributed by atoms with van der Waals surface area (Å²) in [5.41, 5.74) is 5.73. The quantitative estimate of drug-likeness (QED) is 0.838. The lowest BCUT2D eigenvalue weighted by Gasteiger charge is -2.21. The van der Waals surface area contributed by atoms with Crippen molar-refractivity contribution in [3.05, 3.63) is 29.8 Å². The van der Waals surface area contributed by atoms with Gasteiger partial charge in [-0.2, -0.15) is 13.2 Å². The number of benzene rings is 1. The molecular formula is C13H16F3N3O2. The highest BCUT2D eigenvalue weighted by Gasteiger charge is 2.30. The van der Waals surface area contributed by atoms with Gasteiger partial charge < -0.3 is 11.1 Å². The average Bonchev–Trinajstić information content (AvgIpc) is 2.36. The molecule has 0 heterocycles. The van der Waals surface area contributed by atoms with Crippen LogP contribution in [-0.4, -0.2) is 42.5 Å². The van der Waals surface area contributed by atoms with E-state index >= 15 is 0 Å². The molecule has 5 nitrogen and oxygen atoms in total. The fraction of sp³-hybridized carbons (Fsp3) is 0.385. The maximum Gasteiger partial charge on any atom is 0.401 e. The first-order valence-corrected chi connectivity index (χ1v) is 6.20. The van der Waals surface area contributed by atoms with E-state index in [9.17, 15) is 22.8 Å². The first-order valence-electron chi connectivity index (χ1n) is 6.20. The van der Waals surface area contributed by atoms with Crippen LogP contribution < -0.4 is 11.1 Å². The number of hydrogen-bond donors (Lipinski definition) is 2. The predicted octanol–water partition coefficient (Wildman–Crippen LogP) is 1.61. The molecule has 0 atom stereocenters. The molecule has 0 saturated carbocycles. The summed E-state index contributed by atoms with van der Waals surface area (Å²) in [5.74, 6) is -1.16. The molecule has 0 fully saturated rings. The summed E-state index contributed by atoms with van der Waals surface area (Å²) in [6.45, 7) is 0.138. The Kier molecular flexibility index (Phi) is 5.71. The third kappa shape index (κ3) is 6.26. The lowest BCUT2D eigenvalue weighted by atomic mass is 10.2. The van der Waals surface area contributed by atoms with Gasteiger partial charge in [0.1, 0.15) is 0 Å². The summed E-state index contributed by atoms with van der Waals surface area (Å²) in [7, 11) is 0. The molecule has 0 aromatic heterocycles. The van der Waals surface area contributed by atoms with Gasteiger partial charge in [0.25, 0.3) is 0 Å². The average molecular weight is 303 g/mol. The number of amides is 2. The van der Waals surface area contributed by atoms with Crippen LogP contribution >= 0.6 is 0 Å². The third-order valence-electron chi connectivity index (χ3n) is 2.67. The number of hydrogen-bond acceptors (Lipinski definition) is 3. The Balaban J connectivity index is 2.58. The minimum absolute atomic E-state index is 0.105. The van der Waals surface area contributed by atoms with Crippen molar-refractivity contribution in [2.24, 2.45) is 5.73 Å². The van der Waals surface area contributed by atoms with Gasteiger partial charge in [0.2, 0.25) is 11.8 Å². The van der Waals surface area contributed by atoms with E-state index in [0.717, 1.165) is 4.90 Å². The van der Waals surface area contributed by atoms with Gasteiger partial charge in [0, 0.05) is 11.3 Å². The molecule has 8 heteroatoms. The standard InChI is InChI=1S/C13H16F3N3O2/c1-2-19(8-13(14,15)16)7-11(20)18-10-5-3-9(4-6-10)12(17)21/h3-6H,2,7-8H2,1H3,(H2,17,21)(H,18,20). The Morgan fingerprint density at radius 3 is 2.24 bits per heavy atom. The van der Waals surface area contributed by atoms with E-state index in [1.54, 1.807) is 6.92 Å². The minimum atomic E-state index is -4.35. The Morgan fingerprint density at radius 2 is 1.81 bits per heavy atom. The molecule has 1 aromatic rings. The Labute approximate surface area is 119 Å². The molecule has 0 aliphatic carbocycles. The van der Waals surface area contributed by atoms with E-state index in [-0.39, 0.29) is 18.7 Å². The van der Waals surface area contributed by atoms with E-state index in [0.29, 0.717) is 5.69 Å². The number of primary amides is 1. The molecule has 0 radical (unpaired) electrons. The summed E-state index contributed by atoms with van der Waals surface area (Å²) in [4.78, 5) is 23.5. The van der Waals surface area contributed by atoms with Gasteiger partial charge in [0.05, 0.1) is 13.1 Å². The molecule has 0 unspecified atom stereocenters. The highest BCUT2D eigenvalue weighted by Crippen LogP contribution is 2.16. The second-order valence-electron chi connectivity index (χ2n) is 4.41. The highest BCUT2D eigenvalue weighted by molar-refractivity contribution is 5.95. The Morgan fingerprint density at radius 1 is 1.24 bits per heavy atom. The van der Waals surface area contributed by atoms with Crippen LogP contribution in [0.2, 0.25) is 0 Å². The molecule has 3 N–H and O–H groups in total. The summed E-state index contributed by atoms with van der Waals surface area (Å²) >= 11 is 0. The van der Waals surface area contributed by atoms with Crippen LogP contribution in [0.25, 0.3) is 0 Å². The zero-order valence-electron chi connectivity index (χ0n) is 11.4. The number of carbonyl (C=O) groups is 2. The van der Waals surface area contributed by atoms with Crippen LogP contribution in [0.3, 0.4) is 0 Å². The van der Waals surface area contributed by atoms with Gasteiger partial charge in [0.15, 0.2) is 0 Å². The predicted molar refractivity (Wildman–Crippen MR) is 71.8 cm³/mol. The van der Waals surface area contributed by atoms with Crippen LogP contribution in [0.1, 0.15) is 17.3 Å². The molecule has 0 aliphatic rings. The second kappa shape index (κ2) is 7.07. The summed E-state index contributed by atoms with van der Waals surface area (Å²) in [5, 5.41) is 2.46. The first-order chi connectivity index (χ1) is 9.71. The number of likely N-dealkylation sites (N-methyl/N-ethyl adjacent to an activating group) is 1. The van der Waals surface area contributed by atoms with E-state index in [4.69, 9.17) is 5.73 Å². The summed E-state index contributed by atoms with van der Waals surface area (Å²) in [6, 6.07) is 5.76. The Bertz CT molecular complexity index is 500. The van der Waals surface area contributed by atoms with Crippen molar-refractivity contribution in [1.82, 2.24) is 4.90 Å². The van der Waals surface area contributed by atoms with Crippen LogP contribution in [0.15, 0.2) is 24.3 Å². The van der Waals surface area contributed by atoms with E-state index in [1.165, 1.54) is 24.3 Å². The number of alkyl halides is 3. The zero-order chi connectivity index (χ0) is 16.0. The molecule has 1 rings (SSSR count). The second-order valence-corrected chi connectivity index (χ2v) is 4.41. The maximum atomic E-state index is 12.3. The van der Waals surface area contributed by atoms with Crippen molar-refractivity contribution in [2.75, 3.05) is 25.0 Å². The number of rotatable bonds is 6. The third-order valence-corrected chi connectivity index (χ3v) is 2.67. The van der Waals surface area contributed by atoms with Crippen LogP contribution in [0.4, 0.5) is 18.9 Å². The minimum Gasteiger partial charge on any atom is -0.366 e. The lowest BCUT2D eigenvalue weighted by Crippen LogP contribution is -2.39. The number of anilines is 1. The molecular weight excluding hydrogens is 287 g/mol. The lowest BCUT2D eigenvalue weighted by molar-refractivity contribution is -0.147. The number of halogens is 3. The molecule has 116 valence electrons. The van der Waals surface area contributed by atoms with Crippen LogP contribution in [0, 0.1) is 0 Å². The maximum absolute atomic E-state index is 12.3.